The lowest BCUT2D eigenvalue weighted by Gasteiger charge is -2.06. The van der Waals surface area contributed by atoms with Crippen LogP contribution in [0, 0.1) is 5.92 Å². The van der Waals surface area contributed by atoms with Crippen LogP contribution in [-0.4, -0.2) is 10.9 Å². The molecule has 0 aliphatic heterocycles. The maximum atomic E-state index is 11.8. The fraction of sp³-hybridized carbons (Fsp3) is 0.188. The van der Waals surface area contributed by atoms with Gasteiger partial charge in [0.1, 0.15) is 5.75 Å². The largest absolute Gasteiger partial charge is 0.508 e. The highest BCUT2D eigenvalue weighted by atomic mass is 16.3. The van der Waals surface area contributed by atoms with Gasteiger partial charge in [0.2, 0.25) is 0 Å². The van der Waals surface area contributed by atoms with E-state index >= 15 is 0 Å². The van der Waals surface area contributed by atoms with Gasteiger partial charge in [-0.2, -0.15) is 0 Å². The van der Waals surface area contributed by atoms with Crippen LogP contribution in [0.3, 0.4) is 0 Å². The molecule has 0 bridgehead atoms. The minimum absolute atomic E-state index is 0.0181. The maximum absolute atomic E-state index is 11.8. The molecule has 0 heterocycles. The Kier molecular flexibility index (Phi) is 3.47. The van der Waals surface area contributed by atoms with Gasteiger partial charge in [-0.25, -0.2) is 0 Å². The van der Waals surface area contributed by atoms with Crippen molar-refractivity contribution in [3.8, 4) is 16.9 Å². The molecule has 0 fully saturated rings. The fourth-order valence-electron chi connectivity index (χ4n) is 1.81. The molecule has 0 unspecified atom stereocenters. The number of phenolic OH excluding ortho intramolecular Hbond substituents is 1. The summed E-state index contributed by atoms with van der Waals surface area (Å²) in [6.45, 7) is 3.80. The van der Waals surface area contributed by atoms with Crippen molar-refractivity contribution in [3.63, 3.8) is 0 Å². The van der Waals surface area contributed by atoms with E-state index < -0.39 is 0 Å². The Morgan fingerprint density at radius 1 is 0.889 bits per heavy atom. The topological polar surface area (TPSA) is 37.3 Å². The predicted molar refractivity (Wildman–Crippen MR) is 72.7 cm³/mol. The molecule has 0 aliphatic rings. The lowest BCUT2D eigenvalue weighted by Crippen LogP contribution is -2.06. The third-order valence-electron chi connectivity index (χ3n) is 2.89. The highest BCUT2D eigenvalue weighted by molar-refractivity contribution is 5.97. The highest BCUT2D eigenvalue weighted by Gasteiger charge is 2.09. The first kappa shape index (κ1) is 12.4. The highest BCUT2D eigenvalue weighted by Crippen LogP contribution is 2.22. The van der Waals surface area contributed by atoms with Crippen LogP contribution < -0.4 is 0 Å². The summed E-state index contributed by atoms with van der Waals surface area (Å²) in [4.78, 5) is 11.8. The molecule has 0 aliphatic carbocycles. The van der Waals surface area contributed by atoms with Crippen LogP contribution in [0.1, 0.15) is 24.2 Å². The molecule has 0 spiro atoms. The minimum atomic E-state index is 0.0181. The standard InChI is InChI=1S/C16H16O2/c1-11(2)16(18)14-5-3-12(4-6-14)13-7-9-15(17)10-8-13/h3-11,17H,1-2H3. The number of hydrogen-bond acceptors (Lipinski definition) is 2. The van der Waals surface area contributed by atoms with Crippen LogP contribution in [0.15, 0.2) is 48.5 Å². The van der Waals surface area contributed by atoms with Gasteiger partial charge in [0.25, 0.3) is 0 Å². The second-order valence-corrected chi connectivity index (χ2v) is 4.64. The predicted octanol–water partition coefficient (Wildman–Crippen LogP) is 3.90. The van der Waals surface area contributed by atoms with Gasteiger partial charge in [-0.1, -0.05) is 50.2 Å². The van der Waals surface area contributed by atoms with E-state index in [0.717, 1.165) is 16.7 Å². The first-order valence-electron chi connectivity index (χ1n) is 6.01. The van der Waals surface area contributed by atoms with Gasteiger partial charge < -0.3 is 5.11 Å². The zero-order valence-corrected chi connectivity index (χ0v) is 10.6. The van der Waals surface area contributed by atoms with E-state index in [4.69, 9.17) is 0 Å². The zero-order chi connectivity index (χ0) is 13.1. The summed E-state index contributed by atoms with van der Waals surface area (Å²) in [5.41, 5.74) is 2.80. The van der Waals surface area contributed by atoms with Crippen molar-refractivity contribution in [1.29, 1.82) is 0 Å². The van der Waals surface area contributed by atoms with Crippen LogP contribution in [0.25, 0.3) is 11.1 Å². The Balaban J connectivity index is 2.27. The van der Waals surface area contributed by atoms with Crippen LogP contribution in [0.4, 0.5) is 0 Å². The number of rotatable bonds is 3. The number of hydrogen-bond donors (Lipinski definition) is 1. The third kappa shape index (κ3) is 2.59. The molecule has 2 heteroatoms. The Morgan fingerprint density at radius 3 is 1.78 bits per heavy atom. The fourth-order valence-corrected chi connectivity index (χ4v) is 1.81. The molecule has 1 N–H and O–H groups in total. The molecule has 0 atom stereocenters. The lowest BCUT2D eigenvalue weighted by atomic mass is 9.98. The van der Waals surface area contributed by atoms with Gasteiger partial charge in [-0.3, -0.25) is 4.79 Å². The van der Waals surface area contributed by atoms with E-state index in [0.29, 0.717) is 0 Å². The van der Waals surface area contributed by atoms with Crippen molar-refractivity contribution in [2.75, 3.05) is 0 Å². The molecule has 0 saturated heterocycles. The summed E-state index contributed by atoms with van der Waals surface area (Å²) in [7, 11) is 0. The van der Waals surface area contributed by atoms with Crippen LogP contribution in [0.5, 0.6) is 5.75 Å². The Bertz CT molecular complexity index is 536. The van der Waals surface area contributed by atoms with E-state index in [2.05, 4.69) is 0 Å². The number of carbonyl (C=O) groups excluding carboxylic acids is 1. The SMILES string of the molecule is CC(C)C(=O)c1ccc(-c2ccc(O)cc2)cc1. The third-order valence-corrected chi connectivity index (χ3v) is 2.89. The number of ketones is 1. The van der Waals surface area contributed by atoms with Crippen molar-refractivity contribution in [2.45, 2.75) is 13.8 Å². The molecule has 2 aromatic rings. The molecule has 2 nitrogen and oxygen atoms in total. The van der Waals surface area contributed by atoms with Gasteiger partial charge in [0.15, 0.2) is 5.78 Å². The molecule has 0 aromatic heterocycles. The van der Waals surface area contributed by atoms with Crippen LogP contribution in [0.2, 0.25) is 0 Å². The normalized spacial score (nSPS) is 10.6. The van der Waals surface area contributed by atoms with Gasteiger partial charge in [0, 0.05) is 11.5 Å². The number of benzene rings is 2. The van der Waals surface area contributed by atoms with Gasteiger partial charge in [0.05, 0.1) is 0 Å². The van der Waals surface area contributed by atoms with Gasteiger partial charge in [-0.15, -0.1) is 0 Å². The average Bonchev–Trinajstić information content (AvgIpc) is 2.39. The molecule has 0 amide bonds. The summed E-state index contributed by atoms with van der Waals surface area (Å²) >= 11 is 0. The average molecular weight is 240 g/mol. The minimum Gasteiger partial charge on any atom is -0.508 e. The second kappa shape index (κ2) is 5.05. The number of aromatic hydroxyl groups is 1. The molecule has 92 valence electrons. The second-order valence-electron chi connectivity index (χ2n) is 4.64. The first-order chi connectivity index (χ1) is 8.58. The smallest absolute Gasteiger partial charge is 0.165 e. The van der Waals surface area contributed by atoms with Crippen molar-refractivity contribution in [1.82, 2.24) is 0 Å². The van der Waals surface area contributed by atoms with E-state index in [1.807, 2.05) is 50.2 Å². The van der Waals surface area contributed by atoms with Gasteiger partial charge in [-0.05, 0) is 23.3 Å². The molecule has 2 aromatic carbocycles. The Labute approximate surface area is 107 Å². The molecule has 18 heavy (non-hydrogen) atoms. The van der Waals surface area contributed by atoms with Crippen molar-refractivity contribution in [3.05, 3.63) is 54.1 Å². The molecular weight excluding hydrogens is 224 g/mol. The lowest BCUT2D eigenvalue weighted by molar-refractivity contribution is 0.0939. The maximum Gasteiger partial charge on any atom is 0.165 e. The van der Waals surface area contributed by atoms with Crippen LogP contribution in [-0.2, 0) is 0 Å². The Hall–Kier alpha value is -2.09. The zero-order valence-electron chi connectivity index (χ0n) is 10.6. The van der Waals surface area contributed by atoms with E-state index in [1.165, 1.54) is 0 Å². The number of Topliss-reactive ketones (excluding diaryl/α,β-unsaturated/α-hetero) is 1. The van der Waals surface area contributed by atoms with E-state index in [1.54, 1.807) is 12.1 Å². The summed E-state index contributed by atoms with van der Waals surface area (Å²) in [6, 6.07) is 14.6. The van der Waals surface area contributed by atoms with Crippen molar-refractivity contribution >= 4 is 5.78 Å². The van der Waals surface area contributed by atoms with Gasteiger partial charge >= 0.3 is 0 Å². The quantitative estimate of drug-likeness (QED) is 0.826. The van der Waals surface area contributed by atoms with Crippen molar-refractivity contribution < 1.29 is 9.90 Å². The van der Waals surface area contributed by atoms with Crippen LogP contribution >= 0.6 is 0 Å². The van der Waals surface area contributed by atoms with E-state index in [-0.39, 0.29) is 17.5 Å². The number of carbonyl (C=O) groups is 1. The molecule has 2 rings (SSSR count). The molecule has 0 saturated carbocycles. The summed E-state index contributed by atoms with van der Waals surface area (Å²) in [6.07, 6.45) is 0. The Morgan fingerprint density at radius 2 is 1.33 bits per heavy atom. The monoisotopic (exact) mass is 240 g/mol. The summed E-state index contributed by atoms with van der Waals surface area (Å²) in [5.74, 6) is 0.433. The number of phenols is 1. The van der Waals surface area contributed by atoms with E-state index in [9.17, 15) is 9.90 Å². The molecular formula is C16H16O2. The molecule has 0 radical (unpaired) electrons. The van der Waals surface area contributed by atoms with Crippen molar-refractivity contribution in [2.24, 2.45) is 5.92 Å². The first-order valence-corrected chi connectivity index (χ1v) is 6.01. The summed E-state index contributed by atoms with van der Waals surface area (Å²) in [5, 5.41) is 9.24. The summed E-state index contributed by atoms with van der Waals surface area (Å²) < 4.78 is 0.